The molecule has 3 atom stereocenters. The quantitative estimate of drug-likeness (QED) is 0.208. The van der Waals surface area contributed by atoms with E-state index >= 15 is 0 Å². The second kappa shape index (κ2) is 9.97. The number of carboxylic acid groups (broad SMARTS) is 2. The van der Waals surface area contributed by atoms with Crippen LogP contribution in [0.4, 0.5) is 0 Å². The van der Waals surface area contributed by atoms with Gasteiger partial charge in [0.25, 0.3) is 0 Å². The number of amides is 2. The molecule has 3 unspecified atom stereocenters. The number of carbonyl (C=O) groups excluding carboxylic acids is 2. The van der Waals surface area contributed by atoms with Gasteiger partial charge in [-0.05, 0) is 6.42 Å². The first-order valence-electron chi connectivity index (χ1n) is 6.25. The molecule has 0 radical (unpaired) electrons. The van der Waals surface area contributed by atoms with Crippen LogP contribution in [0.25, 0.3) is 0 Å². The third kappa shape index (κ3) is 7.24. The van der Waals surface area contributed by atoms with Crippen molar-refractivity contribution < 1.29 is 34.5 Å². The van der Waals surface area contributed by atoms with Crippen LogP contribution in [0.15, 0.2) is 0 Å². The topological polar surface area (TPSA) is 179 Å². The number of nitrogens with two attached hydrogens (primary N) is 1. The standard InChI is InChI=1S/C11H19N3O7S/c12-5(10(18)19)1-2-8(16)13-7(4-22)9(17)14-6(3-15)11(20)21/h5-7,15,22H,1-4,12H2,(H,13,16)(H,14,17)(H,18,19)(H,20,21). The number of hydrogen-bond acceptors (Lipinski definition) is 7. The second-order valence-electron chi connectivity index (χ2n) is 4.37. The number of carbonyl (C=O) groups is 4. The van der Waals surface area contributed by atoms with E-state index in [2.05, 4.69) is 17.9 Å². The Morgan fingerprint density at radius 1 is 1.05 bits per heavy atom. The van der Waals surface area contributed by atoms with Gasteiger partial charge in [0.2, 0.25) is 11.8 Å². The van der Waals surface area contributed by atoms with Crippen molar-refractivity contribution in [1.82, 2.24) is 10.6 Å². The lowest BCUT2D eigenvalue weighted by Gasteiger charge is -2.19. The Bertz CT molecular complexity index is 432. The van der Waals surface area contributed by atoms with Crippen molar-refractivity contribution in [3.63, 3.8) is 0 Å². The van der Waals surface area contributed by atoms with E-state index in [0.717, 1.165) is 0 Å². The molecular formula is C11H19N3O7S. The van der Waals surface area contributed by atoms with Crippen molar-refractivity contribution in [2.75, 3.05) is 12.4 Å². The Morgan fingerprint density at radius 2 is 1.64 bits per heavy atom. The smallest absolute Gasteiger partial charge is 0.328 e. The van der Waals surface area contributed by atoms with E-state index in [1.807, 2.05) is 5.32 Å². The summed E-state index contributed by atoms with van der Waals surface area (Å²) in [5.41, 5.74) is 5.24. The molecule has 0 aliphatic carbocycles. The summed E-state index contributed by atoms with van der Waals surface area (Å²) in [6.45, 7) is -0.804. The van der Waals surface area contributed by atoms with Crippen LogP contribution in [0, 0.1) is 0 Å². The lowest BCUT2D eigenvalue weighted by Crippen LogP contribution is -2.53. The van der Waals surface area contributed by atoms with Crippen molar-refractivity contribution in [3.8, 4) is 0 Å². The van der Waals surface area contributed by atoms with Gasteiger partial charge in [-0.15, -0.1) is 0 Å². The Hall–Kier alpha value is -1.85. The highest BCUT2D eigenvalue weighted by Gasteiger charge is 2.25. The summed E-state index contributed by atoms with van der Waals surface area (Å²) in [6, 6.07) is -3.81. The molecule has 0 heterocycles. The van der Waals surface area contributed by atoms with Gasteiger partial charge in [0.1, 0.15) is 18.1 Å². The highest BCUT2D eigenvalue weighted by molar-refractivity contribution is 7.80. The summed E-state index contributed by atoms with van der Waals surface area (Å²) in [6.07, 6.45) is -0.330. The van der Waals surface area contributed by atoms with E-state index in [0.29, 0.717) is 0 Å². The van der Waals surface area contributed by atoms with Crippen molar-refractivity contribution in [2.24, 2.45) is 5.73 Å². The van der Waals surface area contributed by atoms with Crippen molar-refractivity contribution >= 4 is 36.4 Å². The minimum Gasteiger partial charge on any atom is -0.480 e. The van der Waals surface area contributed by atoms with E-state index in [4.69, 9.17) is 21.1 Å². The molecule has 2 amide bonds. The van der Waals surface area contributed by atoms with Gasteiger partial charge in [-0.1, -0.05) is 0 Å². The van der Waals surface area contributed by atoms with Gasteiger partial charge in [-0.3, -0.25) is 14.4 Å². The predicted octanol–water partition coefficient (Wildman–Crippen LogP) is -2.85. The first kappa shape index (κ1) is 20.1. The van der Waals surface area contributed by atoms with Crippen LogP contribution >= 0.6 is 12.6 Å². The number of carboxylic acids is 2. The molecule has 0 aromatic carbocycles. The molecule has 0 aromatic heterocycles. The number of aliphatic hydroxyl groups excluding tert-OH is 1. The van der Waals surface area contributed by atoms with Gasteiger partial charge in [0, 0.05) is 12.2 Å². The van der Waals surface area contributed by atoms with Crippen LogP contribution in [0.2, 0.25) is 0 Å². The molecule has 0 rings (SSSR count). The molecule has 0 aromatic rings. The molecule has 0 aliphatic heterocycles. The molecule has 0 saturated heterocycles. The summed E-state index contributed by atoms with van der Waals surface area (Å²) >= 11 is 3.87. The highest BCUT2D eigenvalue weighted by atomic mass is 32.1. The van der Waals surface area contributed by atoms with Gasteiger partial charge < -0.3 is 31.7 Å². The van der Waals surface area contributed by atoms with Crippen LogP contribution in [-0.2, 0) is 19.2 Å². The number of thiol groups is 1. The zero-order chi connectivity index (χ0) is 17.3. The van der Waals surface area contributed by atoms with E-state index in [1.165, 1.54) is 0 Å². The van der Waals surface area contributed by atoms with Crippen molar-refractivity contribution in [3.05, 3.63) is 0 Å². The number of rotatable bonds is 10. The summed E-state index contributed by atoms with van der Waals surface area (Å²) in [7, 11) is 0. The van der Waals surface area contributed by atoms with E-state index < -0.39 is 48.5 Å². The molecule has 11 heteroatoms. The maximum atomic E-state index is 11.8. The fraction of sp³-hybridized carbons (Fsp3) is 0.636. The summed E-state index contributed by atoms with van der Waals surface area (Å²) in [5.74, 6) is -4.23. The molecule has 0 aliphatic rings. The summed E-state index contributed by atoms with van der Waals surface area (Å²) in [5, 5.41) is 30.4. The Balaban J connectivity index is 4.45. The van der Waals surface area contributed by atoms with Gasteiger partial charge in [-0.25, -0.2) is 4.79 Å². The molecule has 0 bridgehead atoms. The number of nitrogens with one attached hydrogen (secondary N) is 2. The van der Waals surface area contributed by atoms with Crippen LogP contribution in [-0.4, -0.2) is 69.6 Å². The first-order valence-corrected chi connectivity index (χ1v) is 6.88. The number of aliphatic carboxylic acids is 2. The zero-order valence-electron chi connectivity index (χ0n) is 11.6. The largest absolute Gasteiger partial charge is 0.480 e. The van der Waals surface area contributed by atoms with Gasteiger partial charge >= 0.3 is 11.9 Å². The Labute approximate surface area is 131 Å². The van der Waals surface area contributed by atoms with Crippen molar-refractivity contribution in [1.29, 1.82) is 0 Å². The highest BCUT2D eigenvalue weighted by Crippen LogP contribution is 1.98. The normalized spacial score (nSPS) is 14.5. The van der Waals surface area contributed by atoms with Crippen LogP contribution in [0.1, 0.15) is 12.8 Å². The molecule has 7 N–H and O–H groups in total. The van der Waals surface area contributed by atoms with Crippen LogP contribution in [0.3, 0.4) is 0 Å². The predicted molar refractivity (Wildman–Crippen MR) is 77.3 cm³/mol. The van der Waals surface area contributed by atoms with Crippen LogP contribution in [0.5, 0.6) is 0 Å². The molecule has 0 spiro atoms. The van der Waals surface area contributed by atoms with Crippen LogP contribution < -0.4 is 16.4 Å². The summed E-state index contributed by atoms with van der Waals surface area (Å²) in [4.78, 5) is 44.5. The Kier molecular flexibility index (Phi) is 9.13. The number of hydrogen-bond donors (Lipinski definition) is 7. The van der Waals surface area contributed by atoms with E-state index in [1.54, 1.807) is 0 Å². The molecule has 0 saturated carbocycles. The lowest BCUT2D eigenvalue weighted by molar-refractivity contribution is -0.143. The molecule has 126 valence electrons. The van der Waals surface area contributed by atoms with Crippen molar-refractivity contribution in [2.45, 2.75) is 31.0 Å². The Morgan fingerprint density at radius 3 is 2.05 bits per heavy atom. The monoisotopic (exact) mass is 337 g/mol. The van der Waals surface area contributed by atoms with Gasteiger partial charge in [0.05, 0.1) is 6.61 Å². The molecule has 0 fully saturated rings. The zero-order valence-corrected chi connectivity index (χ0v) is 12.5. The maximum absolute atomic E-state index is 11.8. The maximum Gasteiger partial charge on any atom is 0.328 e. The number of aliphatic hydroxyl groups is 1. The minimum atomic E-state index is -1.49. The van der Waals surface area contributed by atoms with E-state index in [9.17, 15) is 19.2 Å². The van der Waals surface area contributed by atoms with E-state index in [-0.39, 0.29) is 18.6 Å². The fourth-order valence-corrected chi connectivity index (χ4v) is 1.59. The average molecular weight is 337 g/mol. The molecule has 10 nitrogen and oxygen atoms in total. The summed E-state index contributed by atoms with van der Waals surface area (Å²) < 4.78 is 0. The van der Waals surface area contributed by atoms with Gasteiger partial charge in [0.15, 0.2) is 0 Å². The third-order valence-electron chi connectivity index (χ3n) is 2.63. The SMILES string of the molecule is NC(CCC(=O)NC(CS)C(=O)NC(CO)C(=O)O)C(=O)O. The van der Waals surface area contributed by atoms with Gasteiger partial charge in [-0.2, -0.15) is 12.6 Å². The minimum absolute atomic E-state index is 0.111. The molecular weight excluding hydrogens is 318 g/mol. The average Bonchev–Trinajstić information content (AvgIpc) is 2.46. The lowest BCUT2D eigenvalue weighted by atomic mass is 10.1. The fourth-order valence-electron chi connectivity index (χ4n) is 1.33. The first-order chi connectivity index (χ1) is 10.2. The molecule has 22 heavy (non-hydrogen) atoms. The third-order valence-corrected chi connectivity index (χ3v) is 3.00. The second-order valence-corrected chi connectivity index (χ2v) is 4.73.